The number of ether oxygens (including phenoxy) is 1. The van der Waals surface area contributed by atoms with E-state index in [0.29, 0.717) is 22.7 Å². The van der Waals surface area contributed by atoms with Crippen LogP contribution in [-0.4, -0.2) is 76.6 Å². The first-order valence-corrected chi connectivity index (χ1v) is 12.9. The highest BCUT2D eigenvalue weighted by Crippen LogP contribution is 2.31. The van der Waals surface area contributed by atoms with Crippen LogP contribution < -0.4 is 15.4 Å². The van der Waals surface area contributed by atoms with Crippen LogP contribution in [0.5, 0.6) is 5.75 Å². The van der Waals surface area contributed by atoms with Gasteiger partial charge in [0.15, 0.2) is 0 Å². The Morgan fingerprint density at radius 2 is 1.80 bits per heavy atom. The van der Waals surface area contributed by atoms with Crippen molar-refractivity contribution in [1.29, 1.82) is 0 Å². The molecule has 0 saturated carbocycles. The molecule has 0 unspecified atom stereocenters. The molecule has 210 valence electrons. The quantitative estimate of drug-likeness (QED) is 0.411. The van der Waals surface area contributed by atoms with Crippen molar-refractivity contribution in [3.8, 4) is 5.75 Å². The van der Waals surface area contributed by atoms with Crippen molar-refractivity contribution in [2.45, 2.75) is 26.0 Å². The first-order chi connectivity index (χ1) is 19.2. The molecule has 3 aromatic rings. The van der Waals surface area contributed by atoms with Crippen LogP contribution in [0.15, 0.2) is 67.0 Å². The lowest BCUT2D eigenvalue weighted by Crippen LogP contribution is -2.50. The van der Waals surface area contributed by atoms with Crippen molar-refractivity contribution >= 4 is 29.2 Å². The van der Waals surface area contributed by atoms with Crippen LogP contribution in [0.1, 0.15) is 34.6 Å². The number of pyridine rings is 1. The first-order valence-electron chi connectivity index (χ1n) is 12.9. The first kappa shape index (κ1) is 28.5. The largest absolute Gasteiger partial charge is 0.487 e. The summed E-state index contributed by atoms with van der Waals surface area (Å²) in [5, 5.41) is 15.4. The molecule has 11 heteroatoms. The molecule has 1 aromatic heterocycles. The third kappa shape index (κ3) is 6.73. The van der Waals surface area contributed by atoms with E-state index in [4.69, 9.17) is 4.74 Å². The van der Waals surface area contributed by atoms with Crippen LogP contribution in [0.25, 0.3) is 0 Å². The normalized spacial score (nSPS) is 17.5. The van der Waals surface area contributed by atoms with E-state index in [9.17, 15) is 23.9 Å². The topological polar surface area (TPSA) is 124 Å². The highest BCUT2D eigenvalue weighted by molar-refractivity contribution is 6.05. The number of likely N-dealkylation sites (N-methyl/N-ethyl adjacent to an activating group) is 1. The molecule has 1 aliphatic heterocycles. The van der Waals surface area contributed by atoms with E-state index in [1.165, 1.54) is 41.6 Å². The van der Waals surface area contributed by atoms with Crippen LogP contribution in [0.4, 0.5) is 20.6 Å². The molecule has 3 N–H and O–H groups in total. The molecule has 1 aliphatic rings. The number of benzene rings is 2. The number of rotatable bonds is 7. The van der Waals surface area contributed by atoms with Crippen LogP contribution in [-0.2, 0) is 0 Å². The van der Waals surface area contributed by atoms with E-state index < -0.39 is 24.0 Å². The molecule has 10 nitrogen and oxygen atoms in total. The highest BCUT2D eigenvalue weighted by Gasteiger charge is 2.34. The predicted octanol–water partition coefficient (Wildman–Crippen LogP) is 3.86. The fourth-order valence-electron chi connectivity index (χ4n) is 4.33. The van der Waals surface area contributed by atoms with E-state index in [2.05, 4.69) is 15.6 Å². The fourth-order valence-corrected chi connectivity index (χ4v) is 4.33. The van der Waals surface area contributed by atoms with Gasteiger partial charge in [0.25, 0.3) is 11.8 Å². The summed E-state index contributed by atoms with van der Waals surface area (Å²) in [6.45, 7) is 3.88. The number of anilines is 2. The van der Waals surface area contributed by atoms with Crippen molar-refractivity contribution < 1.29 is 28.6 Å². The van der Waals surface area contributed by atoms with Gasteiger partial charge in [0.05, 0.1) is 24.8 Å². The number of halogens is 1. The highest BCUT2D eigenvalue weighted by atomic mass is 19.1. The molecule has 0 saturated heterocycles. The van der Waals surface area contributed by atoms with Crippen LogP contribution in [0.2, 0.25) is 0 Å². The molecule has 40 heavy (non-hydrogen) atoms. The number of urea groups is 1. The maximum Gasteiger partial charge on any atom is 0.321 e. The van der Waals surface area contributed by atoms with Gasteiger partial charge in [-0.05, 0) is 61.5 Å². The van der Waals surface area contributed by atoms with E-state index in [1.807, 2.05) is 6.92 Å². The standard InChI is InChI=1S/C29H32FN5O5/c1-18-15-35(19(2)17-36)28(38)24-14-23(32-27(37)20-10-12-31-13-11-20)8-9-25(24)40-26(18)16-34(3)29(39)33-22-6-4-21(30)5-7-22/h4-14,18-19,26,36H,15-17H2,1-3H3,(H,32,37)(H,33,39)/t18-,19+,26-/m0/s1. The molecule has 0 radical (unpaired) electrons. The molecule has 4 rings (SSSR count). The van der Waals surface area contributed by atoms with Gasteiger partial charge < -0.3 is 30.3 Å². The molecule has 3 atom stereocenters. The molecular weight excluding hydrogens is 517 g/mol. The van der Waals surface area contributed by atoms with Gasteiger partial charge in [-0.2, -0.15) is 0 Å². The van der Waals surface area contributed by atoms with E-state index in [0.717, 1.165) is 0 Å². The summed E-state index contributed by atoms with van der Waals surface area (Å²) in [6.07, 6.45) is 2.51. The van der Waals surface area contributed by atoms with E-state index in [-0.39, 0.29) is 43.0 Å². The second-order valence-electron chi connectivity index (χ2n) is 9.84. The van der Waals surface area contributed by atoms with E-state index >= 15 is 0 Å². The predicted molar refractivity (Wildman–Crippen MR) is 148 cm³/mol. The Hall–Kier alpha value is -4.51. The number of nitrogens with one attached hydrogen (secondary N) is 2. The number of aliphatic hydroxyl groups is 1. The second-order valence-corrected chi connectivity index (χ2v) is 9.84. The maximum absolute atomic E-state index is 13.6. The Bertz CT molecular complexity index is 1350. The Kier molecular flexibility index (Phi) is 8.95. The SMILES string of the molecule is C[C@H](CO)N1C[C@H](C)[C@H](CN(C)C(=O)Nc2ccc(F)cc2)Oc2ccc(NC(=O)c3ccncc3)cc2C1=O. The second kappa shape index (κ2) is 12.6. The molecule has 0 aliphatic carbocycles. The molecule has 0 spiro atoms. The van der Waals surface area contributed by atoms with Gasteiger partial charge in [-0.1, -0.05) is 6.92 Å². The molecule has 2 heterocycles. The summed E-state index contributed by atoms with van der Waals surface area (Å²) in [6, 6.07) is 12.5. The zero-order chi connectivity index (χ0) is 28.8. The van der Waals surface area contributed by atoms with Crippen LogP contribution >= 0.6 is 0 Å². The minimum Gasteiger partial charge on any atom is -0.487 e. The number of carbonyl (C=O) groups excluding carboxylic acids is 3. The third-order valence-electron chi connectivity index (χ3n) is 6.76. The number of carbonyl (C=O) groups is 3. The summed E-state index contributed by atoms with van der Waals surface area (Å²) in [4.78, 5) is 46.1. The van der Waals surface area contributed by atoms with Crippen molar-refractivity contribution in [3.63, 3.8) is 0 Å². The zero-order valence-corrected chi connectivity index (χ0v) is 22.5. The Balaban J connectivity index is 1.58. The third-order valence-corrected chi connectivity index (χ3v) is 6.76. The Morgan fingerprint density at radius 1 is 1.12 bits per heavy atom. The minimum atomic E-state index is -0.513. The van der Waals surface area contributed by atoms with Gasteiger partial charge in [-0.25, -0.2) is 9.18 Å². The van der Waals surface area contributed by atoms with Gasteiger partial charge in [0, 0.05) is 48.8 Å². The number of fused-ring (bicyclic) bond motifs is 1. The van der Waals surface area contributed by atoms with Crippen molar-refractivity contribution in [2.75, 3.05) is 37.4 Å². The summed E-state index contributed by atoms with van der Waals surface area (Å²) < 4.78 is 19.5. The van der Waals surface area contributed by atoms with Gasteiger partial charge >= 0.3 is 6.03 Å². The number of nitrogens with zero attached hydrogens (tertiary/aromatic N) is 3. The Labute approximate surface area is 231 Å². The maximum atomic E-state index is 13.6. The van der Waals surface area contributed by atoms with Gasteiger partial charge in [0.1, 0.15) is 17.7 Å². The lowest BCUT2D eigenvalue weighted by molar-refractivity contribution is 0.0371. The summed E-state index contributed by atoms with van der Waals surface area (Å²) in [7, 11) is 1.62. The minimum absolute atomic E-state index is 0.184. The molecule has 2 aromatic carbocycles. The van der Waals surface area contributed by atoms with E-state index in [1.54, 1.807) is 49.2 Å². The lowest BCUT2D eigenvalue weighted by atomic mass is 9.99. The van der Waals surface area contributed by atoms with Gasteiger partial charge in [-0.15, -0.1) is 0 Å². The Morgan fingerprint density at radius 3 is 2.48 bits per heavy atom. The summed E-state index contributed by atoms with van der Waals surface area (Å²) in [5.74, 6) is -1.02. The van der Waals surface area contributed by atoms with Crippen molar-refractivity contribution in [2.24, 2.45) is 5.92 Å². The molecular formula is C29H32FN5O5. The lowest BCUT2D eigenvalue weighted by Gasteiger charge is -2.38. The fraction of sp³-hybridized carbons (Fsp3) is 0.310. The average Bonchev–Trinajstić information content (AvgIpc) is 2.96. The summed E-state index contributed by atoms with van der Waals surface area (Å²) in [5.41, 5.74) is 1.49. The number of hydrogen-bond donors (Lipinski definition) is 3. The zero-order valence-electron chi connectivity index (χ0n) is 22.5. The number of aromatic nitrogens is 1. The smallest absolute Gasteiger partial charge is 0.321 e. The number of aliphatic hydroxyl groups excluding tert-OH is 1. The summed E-state index contributed by atoms with van der Waals surface area (Å²) >= 11 is 0. The number of hydrogen-bond acceptors (Lipinski definition) is 6. The van der Waals surface area contributed by atoms with Crippen LogP contribution in [0, 0.1) is 11.7 Å². The van der Waals surface area contributed by atoms with Crippen LogP contribution in [0.3, 0.4) is 0 Å². The van der Waals surface area contributed by atoms with Crippen molar-refractivity contribution in [1.82, 2.24) is 14.8 Å². The van der Waals surface area contributed by atoms with Gasteiger partial charge in [0.2, 0.25) is 0 Å². The molecule has 0 fully saturated rings. The monoisotopic (exact) mass is 549 g/mol. The van der Waals surface area contributed by atoms with Crippen molar-refractivity contribution in [3.05, 3.63) is 83.9 Å². The molecule has 0 bridgehead atoms. The molecule has 4 amide bonds. The van der Waals surface area contributed by atoms with Gasteiger partial charge in [-0.3, -0.25) is 14.6 Å². The number of amides is 4. The average molecular weight is 550 g/mol.